The fourth-order valence-electron chi connectivity index (χ4n) is 4.54. The molecule has 0 spiro atoms. The molecule has 1 atom stereocenters. The molecule has 2 aromatic carbocycles. The summed E-state index contributed by atoms with van der Waals surface area (Å²) in [4.78, 5) is 19.6. The van der Waals surface area contributed by atoms with E-state index < -0.39 is 0 Å². The van der Waals surface area contributed by atoms with Gasteiger partial charge in [-0.3, -0.25) is 9.78 Å². The number of carbonyl (C=O) groups excluding carboxylic acids is 1. The van der Waals surface area contributed by atoms with Crippen molar-refractivity contribution in [3.8, 4) is 11.1 Å². The highest BCUT2D eigenvalue weighted by atomic mass is 16.2. The number of aromatic nitrogens is 1. The summed E-state index contributed by atoms with van der Waals surface area (Å²) in [5.74, 6) is 0.150. The normalized spacial score (nSPS) is 19.0. The van der Waals surface area contributed by atoms with Crippen molar-refractivity contribution < 1.29 is 4.79 Å². The van der Waals surface area contributed by atoms with Crippen LogP contribution in [0.5, 0.6) is 0 Å². The summed E-state index contributed by atoms with van der Waals surface area (Å²) in [6, 6.07) is 23.1. The van der Waals surface area contributed by atoms with Gasteiger partial charge >= 0.3 is 0 Å². The fraction of sp³-hybridized carbons (Fsp3) is 0.308. The maximum Gasteiger partial charge on any atom is 0.227 e. The van der Waals surface area contributed by atoms with E-state index in [4.69, 9.17) is 0 Å². The molecule has 0 bridgehead atoms. The van der Waals surface area contributed by atoms with Crippen LogP contribution in [-0.4, -0.2) is 42.5 Å². The van der Waals surface area contributed by atoms with Crippen LogP contribution >= 0.6 is 0 Å². The summed E-state index contributed by atoms with van der Waals surface area (Å²) in [5, 5.41) is 2.93. The Morgan fingerprint density at radius 3 is 2.60 bits per heavy atom. The van der Waals surface area contributed by atoms with Crippen molar-refractivity contribution in [1.82, 2.24) is 15.2 Å². The number of carbonyl (C=O) groups is 1. The third-order valence-corrected chi connectivity index (χ3v) is 6.17. The Balaban J connectivity index is 1.49. The fourth-order valence-corrected chi connectivity index (χ4v) is 4.54. The van der Waals surface area contributed by atoms with Gasteiger partial charge in [-0.15, -0.1) is 0 Å². The highest BCUT2D eigenvalue weighted by molar-refractivity contribution is 5.83. The molecule has 2 heterocycles. The largest absolute Gasteiger partial charge is 0.359 e. The second-order valence-electron chi connectivity index (χ2n) is 8.24. The maximum absolute atomic E-state index is 13.0. The van der Waals surface area contributed by atoms with Gasteiger partial charge in [0.2, 0.25) is 5.91 Å². The number of hydrogen-bond acceptors (Lipinski definition) is 3. The van der Waals surface area contributed by atoms with Crippen LogP contribution in [0.1, 0.15) is 17.5 Å². The zero-order valence-corrected chi connectivity index (χ0v) is 17.6. The lowest BCUT2D eigenvalue weighted by atomic mass is 9.79. The second-order valence-corrected chi connectivity index (χ2v) is 8.24. The predicted octanol–water partition coefficient (Wildman–Crippen LogP) is 3.97. The quantitative estimate of drug-likeness (QED) is 0.654. The van der Waals surface area contributed by atoms with Crippen LogP contribution in [0, 0.1) is 5.41 Å². The van der Waals surface area contributed by atoms with E-state index in [0.717, 1.165) is 50.0 Å². The van der Waals surface area contributed by atoms with Crippen molar-refractivity contribution in [3.05, 3.63) is 90.3 Å². The molecule has 154 valence electrons. The summed E-state index contributed by atoms with van der Waals surface area (Å²) < 4.78 is 0. The van der Waals surface area contributed by atoms with Crippen molar-refractivity contribution in [3.63, 3.8) is 0 Å². The lowest BCUT2D eigenvalue weighted by molar-refractivity contribution is -0.129. The van der Waals surface area contributed by atoms with Gasteiger partial charge in [-0.1, -0.05) is 60.7 Å². The molecule has 1 saturated heterocycles. The molecule has 4 nitrogen and oxygen atoms in total. The van der Waals surface area contributed by atoms with Crippen molar-refractivity contribution in [1.29, 1.82) is 0 Å². The second kappa shape index (κ2) is 9.23. The first-order valence-electron chi connectivity index (χ1n) is 10.7. The zero-order valence-electron chi connectivity index (χ0n) is 17.6. The van der Waals surface area contributed by atoms with Crippen LogP contribution in [0.25, 0.3) is 11.1 Å². The van der Waals surface area contributed by atoms with E-state index in [2.05, 4.69) is 75.9 Å². The van der Waals surface area contributed by atoms with Gasteiger partial charge in [-0.2, -0.15) is 0 Å². The molecule has 4 heteroatoms. The molecule has 1 aromatic heterocycles. The number of amides is 1. The number of rotatable bonds is 7. The van der Waals surface area contributed by atoms with Crippen molar-refractivity contribution in [2.45, 2.75) is 19.3 Å². The molecular weight excluding hydrogens is 370 g/mol. The van der Waals surface area contributed by atoms with Crippen molar-refractivity contribution >= 4 is 5.91 Å². The molecule has 0 saturated carbocycles. The molecule has 0 radical (unpaired) electrons. The Kier molecular flexibility index (Phi) is 6.24. The van der Waals surface area contributed by atoms with Crippen LogP contribution in [0.3, 0.4) is 0 Å². The molecule has 4 rings (SSSR count). The Morgan fingerprint density at radius 1 is 1.03 bits per heavy atom. The molecule has 3 aromatic rings. The van der Waals surface area contributed by atoms with Gasteiger partial charge < -0.3 is 10.2 Å². The molecular formula is C26H29N3O. The summed E-state index contributed by atoms with van der Waals surface area (Å²) >= 11 is 0. The number of nitrogens with zero attached hydrogens (tertiary/aromatic N) is 2. The van der Waals surface area contributed by atoms with Crippen LogP contribution in [0.4, 0.5) is 0 Å². The van der Waals surface area contributed by atoms with E-state index in [9.17, 15) is 4.79 Å². The van der Waals surface area contributed by atoms with Crippen LogP contribution in [0.2, 0.25) is 0 Å². The van der Waals surface area contributed by atoms with Crippen LogP contribution < -0.4 is 5.32 Å². The van der Waals surface area contributed by atoms with Gasteiger partial charge in [-0.05, 0) is 54.1 Å². The van der Waals surface area contributed by atoms with Gasteiger partial charge in [0.25, 0.3) is 0 Å². The van der Waals surface area contributed by atoms with Gasteiger partial charge in [0.1, 0.15) is 0 Å². The summed E-state index contributed by atoms with van der Waals surface area (Å²) in [6.45, 7) is 2.75. The van der Waals surface area contributed by atoms with E-state index in [1.165, 1.54) is 11.1 Å². The minimum atomic E-state index is -0.376. The highest BCUT2D eigenvalue weighted by Crippen LogP contribution is 2.35. The Labute approximate surface area is 179 Å². The lowest BCUT2D eigenvalue weighted by Gasteiger charge is -2.28. The number of likely N-dealkylation sites (tertiary alicyclic amines) is 1. The molecule has 1 fully saturated rings. The molecule has 1 aliphatic heterocycles. The van der Waals surface area contributed by atoms with E-state index in [-0.39, 0.29) is 11.3 Å². The topological polar surface area (TPSA) is 45.2 Å². The first-order chi connectivity index (χ1) is 14.7. The third-order valence-electron chi connectivity index (χ3n) is 6.17. The first kappa shape index (κ1) is 20.3. The lowest BCUT2D eigenvalue weighted by Crippen LogP contribution is -2.43. The molecule has 30 heavy (non-hydrogen) atoms. The summed E-state index contributed by atoms with van der Waals surface area (Å²) in [5.41, 5.74) is 4.42. The minimum Gasteiger partial charge on any atom is -0.359 e. The van der Waals surface area contributed by atoms with Gasteiger partial charge in [0.15, 0.2) is 0 Å². The molecule has 1 unspecified atom stereocenters. The predicted molar refractivity (Wildman–Crippen MR) is 121 cm³/mol. The van der Waals surface area contributed by atoms with E-state index in [1.54, 1.807) is 13.2 Å². The average Bonchev–Trinajstić information content (AvgIpc) is 3.22. The summed E-state index contributed by atoms with van der Waals surface area (Å²) in [7, 11) is 1.75. The number of nitrogens with one attached hydrogen (secondary N) is 1. The number of pyridine rings is 1. The molecule has 1 N–H and O–H groups in total. The minimum absolute atomic E-state index is 0.150. The maximum atomic E-state index is 13.0. The van der Waals surface area contributed by atoms with Crippen molar-refractivity contribution in [2.75, 3.05) is 26.7 Å². The van der Waals surface area contributed by atoms with Crippen LogP contribution in [0.15, 0.2) is 79.1 Å². The monoisotopic (exact) mass is 399 g/mol. The van der Waals surface area contributed by atoms with Gasteiger partial charge in [-0.25, -0.2) is 0 Å². The van der Waals surface area contributed by atoms with E-state index in [0.29, 0.717) is 0 Å². The standard InChI is InChI=1S/C26H29N3O/c1-27-25(30)26(13-16-29(20-26)15-12-21-7-3-2-4-8-21)18-22-9-5-10-23(17-22)24-11-6-14-28-19-24/h2-11,14,17,19H,12-13,15-16,18,20H2,1H3,(H,27,30). The number of benzene rings is 2. The smallest absolute Gasteiger partial charge is 0.227 e. The molecule has 0 aliphatic carbocycles. The third kappa shape index (κ3) is 4.60. The number of hydrogen-bond donors (Lipinski definition) is 1. The van der Waals surface area contributed by atoms with Crippen LogP contribution in [-0.2, 0) is 17.6 Å². The van der Waals surface area contributed by atoms with Crippen molar-refractivity contribution in [2.24, 2.45) is 5.41 Å². The van der Waals surface area contributed by atoms with Gasteiger partial charge in [0, 0.05) is 32.5 Å². The molecule has 1 aliphatic rings. The first-order valence-corrected chi connectivity index (χ1v) is 10.7. The van der Waals surface area contributed by atoms with E-state index in [1.807, 2.05) is 12.3 Å². The average molecular weight is 400 g/mol. The Hall–Kier alpha value is -2.98. The zero-order chi connectivity index (χ0) is 20.8. The summed E-state index contributed by atoms with van der Waals surface area (Å²) in [6.07, 6.45) is 6.33. The SMILES string of the molecule is CNC(=O)C1(Cc2cccc(-c3cccnc3)c2)CCN(CCc2ccccc2)C1. The molecule has 1 amide bonds. The van der Waals surface area contributed by atoms with Gasteiger partial charge in [0.05, 0.1) is 5.41 Å². The Bertz CT molecular complexity index is 974. The Morgan fingerprint density at radius 2 is 1.83 bits per heavy atom. The highest BCUT2D eigenvalue weighted by Gasteiger charge is 2.43. The van der Waals surface area contributed by atoms with E-state index >= 15 is 0 Å².